The number of hydrogen-bond acceptors (Lipinski definition) is 4. The molecular weight excluding hydrogens is 422 g/mol. The quantitative estimate of drug-likeness (QED) is 0.699. The number of halogens is 1. The molecule has 4 aliphatic rings. The molecule has 32 heavy (non-hydrogen) atoms. The Hall–Kier alpha value is -1.77. The number of hydrogen-bond donors (Lipinski definition) is 1. The van der Waals surface area contributed by atoms with Crippen LogP contribution in [0.5, 0.6) is 5.75 Å². The Morgan fingerprint density at radius 2 is 1.91 bits per heavy atom. The molecule has 6 heteroatoms. The second-order valence-electron chi connectivity index (χ2n) is 10.3. The number of nitrogens with one attached hydrogen (secondary N) is 1. The van der Waals surface area contributed by atoms with Gasteiger partial charge in [-0.25, -0.2) is 0 Å². The first-order valence-electron chi connectivity index (χ1n) is 12.4. The van der Waals surface area contributed by atoms with Crippen molar-refractivity contribution < 1.29 is 9.53 Å². The third kappa shape index (κ3) is 5.07. The van der Waals surface area contributed by atoms with Gasteiger partial charge in [-0.3, -0.25) is 4.79 Å². The van der Waals surface area contributed by atoms with E-state index in [-0.39, 0.29) is 18.3 Å². The molecule has 1 N–H and O–H groups in total. The highest BCUT2D eigenvalue weighted by atomic mass is 35.5. The summed E-state index contributed by atoms with van der Waals surface area (Å²) >= 11 is 0. The predicted octanol–water partition coefficient (Wildman–Crippen LogP) is 4.64. The van der Waals surface area contributed by atoms with Crippen LogP contribution in [-0.4, -0.2) is 43.1 Å². The zero-order valence-electron chi connectivity index (χ0n) is 18.9. The van der Waals surface area contributed by atoms with Crippen LogP contribution < -0.4 is 10.1 Å². The van der Waals surface area contributed by atoms with E-state index in [0.29, 0.717) is 23.8 Å². The molecule has 5 rings (SSSR count). The average molecular weight is 458 g/mol. The monoisotopic (exact) mass is 457 g/mol. The molecule has 2 heterocycles. The van der Waals surface area contributed by atoms with Gasteiger partial charge in [-0.2, -0.15) is 5.26 Å². The Kier molecular flexibility index (Phi) is 7.63. The normalized spacial score (nSPS) is 29.8. The minimum Gasteiger partial charge on any atom is -0.493 e. The van der Waals surface area contributed by atoms with Gasteiger partial charge in [0.2, 0.25) is 5.91 Å². The molecule has 5 nitrogen and oxygen atoms in total. The standard InChI is InChI=1S/C26H35N3O2.ClH/c27-14-19-7-10-25-23(13-19)24-16-29(15-21(24)17-31-25)12-11-18-5-8-22(9-6-18)28-26(30)20-3-1-2-4-20;/h7,10,13,18,20-22,24H,1-6,8-9,11-12,15-17H2,(H,28,30);1H/t18-,21-,22-,24+;/m0./s1. The molecule has 2 saturated carbocycles. The topological polar surface area (TPSA) is 65.4 Å². The summed E-state index contributed by atoms with van der Waals surface area (Å²) in [6.45, 7) is 4.15. The maximum atomic E-state index is 12.4. The average Bonchev–Trinajstić information content (AvgIpc) is 3.48. The number of nitriles is 1. The number of benzene rings is 1. The van der Waals surface area contributed by atoms with Crippen molar-refractivity contribution in [3.63, 3.8) is 0 Å². The molecule has 1 saturated heterocycles. The van der Waals surface area contributed by atoms with Gasteiger partial charge in [0.25, 0.3) is 0 Å². The molecule has 2 aliphatic carbocycles. The summed E-state index contributed by atoms with van der Waals surface area (Å²) in [5.74, 6) is 3.41. The first-order chi connectivity index (χ1) is 15.2. The Balaban J connectivity index is 0.00000245. The van der Waals surface area contributed by atoms with E-state index in [4.69, 9.17) is 4.74 Å². The summed E-state index contributed by atoms with van der Waals surface area (Å²) in [6.07, 6.45) is 10.7. The van der Waals surface area contributed by atoms with E-state index in [1.807, 2.05) is 18.2 Å². The summed E-state index contributed by atoms with van der Waals surface area (Å²) in [5.41, 5.74) is 1.97. The molecule has 2 atom stereocenters. The van der Waals surface area contributed by atoms with E-state index in [0.717, 1.165) is 69.2 Å². The minimum atomic E-state index is 0. The summed E-state index contributed by atoms with van der Waals surface area (Å²) in [7, 11) is 0. The maximum absolute atomic E-state index is 12.4. The van der Waals surface area contributed by atoms with Gasteiger partial charge < -0.3 is 15.0 Å². The van der Waals surface area contributed by atoms with Crippen LogP contribution in [0.2, 0.25) is 0 Å². The third-order valence-electron chi connectivity index (χ3n) is 8.28. The highest BCUT2D eigenvalue weighted by Gasteiger charge is 2.39. The van der Waals surface area contributed by atoms with Crippen molar-refractivity contribution in [3.05, 3.63) is 29.3 Å². The zero-order valence-corrected chi connectivity index (χ0v) is 19.7. The molecule has 0 spiro atoms. The van der Waals surface area contributed by atoms with Gasteiger partial charge in [-0.05, 0) is 75.6 Å². The van der Waals surface area contributed by atoms with Crippen molar-refractivity contribution in [3.8, 4) is 11.8 Å². The maximum Gasteiger partial charge on any atom is 0.223 e. The minimum absolute atomic E-state index is 0. The third-order valence-corrected chi connectivity index (χ3v) is 8.28. The molecular formula is C26H36ClN3O2. The summed E-state index contributed by atoms with van der Waals surface area (Å²) < 4.78 is 5.99. The largest absolute Gasteiger partial charge is 0.493 e. The first-order valence-corrected chi connectivity index (χ1v) is 12.4. The van der Waals surface area contributed by atoms with Crippen LogP contribution in [0.25, 0.3) is 0 Å². The lowest BCUT2D eigenvalue weighted by atomic mass is 9.84. The highest BCUT2D eigenvalue weighted by molar-refractivity contribution is 5.85. The summed E-state index contributed by atoms with van der Waals surface area (Å²) in [5, 5.41) is 12.6. The number of rotatable bonds is 5. The van der Waals surface area contributed by atoms with E-state index >= 15 is 0 Å². The van der Waals surface area contributed by atoms with Crippen molar-refractivity contribution in [2.24, 2.45) is 17.8 Å². The van der Waals surface area contributed by atoms with Crippen molar-refractivity contribution in [2.75, 3.05) is 26.2 Å². The van der Waals surface area contributed by atoms with E-state index < -0.39 is 0 Å². The Morgan fingerprint density at radius 3 is 2.66 bits per heavy atom. The second-order valence-corrected chi connectivity index (χ2v) is 10.3. The van der Waals surface area contributed by atoms with Crippen molar-refractivity contribution >= 4 is 18.3 Å². The van der Waals surface area contributed by atoms with E-state index in [1.54, 1.807) is 0 Å². The van der Waals surface area contributed by atoms with Crippen molar-refractivity contribution in [1.82, 2.24) is 10.2 Å². The Labute approximate surface area is 198 Å². The van der Waals surface area contributed by atoms with Gasteiger partial charge in [0.1, 0.15) is 5.75 Å². The second kappa shape index (κ2) is 10.4. The Bertz CT molecular complexity index is 840. The van der Waals surface area contributed by atoms with Gasteiger partial charge in [0, 0.05) is 42.4 Å². The van der Waals surface area contributed by atoms with Crippen molar-refractivity contribution in [2.45, 2.75) is 69.7 Å². The molecule has 0 unspecified atom stereocenters. The van der Waals surface area contributed by atoms with E-state index in [9.17, 15) is 10.1 Å². The molecule has 1 amide bonds. The fourth-order valence-electron chi connectivity index (χ4n) is 6.37. The van der Waals surface area contributed by atoms with Crippen LogP contribution in [0.1, 0.15) is 74.8 Å². The van der Waals surface area contributed by atoms with Crippen LogP contribution in [0.4, 0.5) is 0 Å². The molecule has 0 aromatic heterocycles. The lowest BCUT2D eigenvalue weighted by Crippen LogP contribution is -2.40. The molecule has 3 fully saturated rings. The molecule has 1 aromatic carbocycles. The van der Waals surface area contributed by atoms with Crippen LogP contribution in [0, 0.1) is 29.1 Å². The van der Waals surface area contributed by atoms with Gasteiger partial charge in [0.15, 0.2) is 0 Å². The van der Waals surface area contributed by atoms with E-state index in [1.165, 1.54) is 37.7 Å². The van der Waals surface area contributed by atoms with Gasteiger partial charge in [0.05, 0.1) is 18.2 Å². The van der Waals surface area contributed by atoms with Crippen LogP contribution in [-0.2, 0) is 4.79 Å². The van der Waals surface area contributed by atoms with Crippen LogP contribution in [0.3, 0.4) is 0 Å². The number of fused-ring (bicyclic) bond motifs is 3. The first kappa shape index (κ1) is 23.4. The number of likely N-dealkylation sites (tertiary alicyclic amines) is 1. The van der Waals surface area contributed by atoms with E-state index in [2.05, 4.69) is 16.3 Å². The van der Waals surface area contributed by atoms with Gasteiger partial charge in [-0.15, -0.1) is 12.4 Å². The lowest BCUT2D eigenvalue weighted by molar-refractivity contribution is -0.125. The fraction of sp³-hybridized carbons (Fsp3) is 0.692. The number of ether oxygens (including phenoxy) is 1. The molecule has 1 aromatic rings. The summed E-state index contributed by atoms with van der Waals surface area (Å²) in [4.78, 5) is 15.0. The van der Waals surface area contributed by atoms with Crippen LogP contribution in [0.15, 0.2) is 18.2 Å². The molecule has 174 valence electrons. The SMILES string of the molecule is Cl.N#Cc1ccc2c(c1)[C@@H]1CN(CC[C@H]3CC[C@H](NC(=O)C4CCCC4)CC3)C[C@H]1CO2. The van der Waals surface area contributed by atoms with Gasteiger partial charge >= 0.3 is 0 Å². The number of carbonyl (C=O) groups excluding carboxylic acids is 1. The molecule has 0 bridgehead atoms. The number of carbonyl (C=O) groups is 1. The predicted molar refractivity (Wildman–Crippen MR) is 127 cm³/mol. The van der Waals surface area contributed by atoms with Gasteiger partial charge in [-0.1, -0.05) is 12.8 Å². The van der Waals surface area contributed by atoms with Crippen LogP contribution >= 0.6 is 12.4 Å². The number of amides is 1. The molecule has 0 radical (unpaired) electrons. The highest BCUT2D eigenvalue weighted by Crippen LogP contribution is 2.42. The number of nitrogens with zero attached hydrogens (tertiary/aromatic N) is 2. The lowest BCUT2D eigenvalue weighted by Gasteiger charge is -2.31. The fourth-order valence-corrected chi connectivity index (χ4v) is 6.37. The zero-order chi connectivity index (χ0) is 21.2. The summed E-state index contributed by atoms with van der Waals surface area (Å²) in [6, 6.07) is 8.54. The molecule has 2 aliphatic heterocycles. The smallest absolute Gasteiger partial charge is 0.223 e. The Morgan fingerprint density at radius 1 is 1.12 bits per heavy atom. The van der Waals surface area contributed by atoms with Crippen molar-refractivity contribution in [1.29, 1.82) is 5.26 Å².